The fourth-order valence-corrected chi connectivity index (χ4v) is 5.60. The number of oxime groups is 2. The number of hydrogen-bond donors (Lipinski definition) is 0. The minimum atomic E-state index is -5.19. The van der Waals surface area contributed by atoms with Crippen molar-refractivity contribution in [2.45, 2.75) is 22.9 Å². The van der Waals surface area contributed by atoms with Crippen molar-refractivity contribution in [3.63, 3.8) is 0 Å². The molecule has 3 aromatic carbocycles. The van der Waals surface area contributed by atoms with Crippen molar-refractivity contribution in [1.29, 1.82) is 0 Å². The fourth-order valence-electron chi connectivity index (χ4n) is 3.39. The molecule has 0 radical (unpaired) electrons. The van der Waals surface area contributed by atoms with Crippen LogP contribution in [-0.2, 0) is 48.3 Å². The smallest absolute Gasteiger partial charge is 0.437 e. The molecule has 0 aromatic heterocycles. The van der Waals surface area contributed by atoms with Crippen LogP contribution < -0.4 is 14.7 Å². The highest BCUT2D eigenvalue weighted by molar-refractivity contribution is 7.94. The lowest BCUT2D eigenvalue weighted by atomic mass is 10.1. The van der Waals surface area contributed by atoms with Crippen LogP contribution in [0.3, 0.4) is 0 Å². The van der Waals surface area contributed by atoms with Gasteiger partial charge in [-0.2, -0.15) is 34.3 Å². The highest BCUT2D eigenvalue weighted by Gasteiger charge is 2.38. The van der Waals surface area contributed by atoms with Crippen molar-refractivity contribution in [2.24, 2.45) is 10.3 Å². The Kier molecular flexibility index (Phi) is 13.8. The third-order valence-electron chi connectivity index (χ3n) is 5.66. The van der Waals surface area contributed by atoms with E-state index in [2.05, 4.69) is 28.3 Å². The molecule has 0 unspecified atom stereocenters. The largest absolute Gasteiger partial charge is 0.748 e. The molecule has 0 saturated carbocycles. The van der Waals surface area contributed by atoms with Crippen LogP contribution in [-0.4, -0.2) is 72.1 Å². The Labute approximate surface area is 282 Å². The van der Waals surface area contributed by atoms with Crippen LogP contribution in [0.5, 0.6) is 11.5 Å². The van der Waals surface area contributed by atoms with E-state index < -0.39 is 63.3 Å². The molecule has 0 heterocycles. The molecule has 268 valence electrons. The van der Waals surface area contributed by atoms with E-state index in [9.17, 15) is 48.2 Å². The van der Waals surface area contributed by atoms with Crippen LogP contribution in [0, 0.1) is 0 Å². The van der Waals surface area contributed by atoms with Crippen molar-refractivity contribution in [3.8, 4) is 11.5 Å². The lowest BCUT2D eigenvalue weighted by Crippen LogP contribution is -2.25. The van der Waals surface area contributed by atoms with Gasteiger partial charge in [0.2, 0.25) is 0 Å². The first-order valence-electron chi connectivity index (χ1n) is 13.1. The van der Waals surface area contributed by atoms with Gasteiger partial charge in [0.1, 0.15) is 27.9 Å². The molecular formula is C26H23F3N2O14S4-2. The summed E-state index contributed by atoms with van der Waals surface area (Å²) in [6, 6.07) is 13.1. The molecule has 3 rings (SSSR count). The Morgan fingerprint density at radius 1 is 0.776 bits per heavy atom. The molecular weight excluding hydrogens is 750 g/mol. The fraction of sp³-hybridized carbons (Fsp3) is 0.231. The second-order valence-corrected chi connectivity index (χ2v) is 14.5. The zero-order chi connectivity index (χ0) is 36.3. The summed E-state index contributed by atoms with van der Waals surface area (Å²) in [5.74, 6) is -0.276. The summed E-state index contributed by atoms with van der Waals surface area (Å²) in [7, 11) is -14.3. The van der Waals surface area contributed by atoms with Gasteiger partial charge in [-0.05, 0) is 79.2 Å². The zero-order valence-electron chi connectivity index (χ0n) is 24.6. The molecule has 3 aromatic rings. The molecule has 0 spiro atoms. The summed E-state index contributed by atoms with van der Waals surface area (Å²) in [4.78, 5) is -1.62. The quantitative estimate of drug-likeness (QED) is 0.0452. The molecule has 0 aliphatic carbocycles. The second kappa shape index (κ2) is 17.1. The van der Waals surface area contributed by atoms with Crippen molar-refractivity contribution < 1.29 is 75.6 Å². The Morgan fingerprint density at radius 2 is 1.29 bits per heavy atom. The average Bonchev–Trinajstić information content (AvgIpc) is 3.03. The summed E-state index contributed by atoms with van der Waals surface area (Å²) in [5.41, 5.74) is -1.97. The summed E-state index contributed by atoms with van der Waals surface area (Å²) in [6.07, 6.45) is -5.19. The maximum Gasteiger partial charge on any atom is 0.437 e. The van der Waals surface area contributed by atoms with Crippen molar-refractivity contribution in [3.05, 3.63) is 83.9 Å². The van der Waals surface area contributed by atoms with Gasteiger partial charge in [-0.1, -0.05) is 16.4 Å². The second-order valence-electron chi connectivity index (χ2n) is 9.11. The number of hydrogen-bond acceptors (Lipinski definition) is 17. The molecule has 49 heavy (non-hydrogen) atoms. The van der Waals surface area contributed by atoms with Crippen LogP contribution in [0.2, 0.25) is 0 Å². The van der Waals surface area contributed by atoms with E-state index in [0.29, 0.717) is 23.7 Å². The van der Waals surface area contributed by atoms with E-state index in [4.69, 9.17) is 9.47 Å². The van der Waals surface area contributed by atoms with Crippen molar-refractivity contribution in [2.75, 3.05) is 24.7 Å². The van der Waals surface area contributed by atoms with Gasteiger partial charge in [0, 0.05) is 17.6 Å². The number of benzene rings is 3. The number of nitrogens with zero attached hydrogens (tertiary/aromatic N) is 2. The van der Waals surface area contributed by atoms with E-state index in [-0.39, 0.29) is 36.2 Å². The van der Waals surface area contributed by atoms with Crippen LogP contribution in [0.1, 0.15) is 18.1 Å². The molecule has 0 amide bonds. The summed E-state index contributed by atoms with van der Waals surface area (Å²) >= 11 is 0.629. The molecule has 0 aliphatic rings. The Bertz CT molecular complexity index is 1950. The number of alkyl halides is 3. The zero-order valence-corrected chi connectivity index (χ0v) is 27.9. The third-order valence-corrected chi connectivity index (χ3v) is 9.02. The van der Waals surface area contributed by atoms with Gasteiger partial charge in [0.15, 0.2) is 5.71 Å². The molecule has 23 heteroatoms. The van der Waals surface area contributed by atoms with Gasteiger partial charge in [0.05, 0.1) is 33.9 Å². The predicted octanol–water partition coefficient (Wildman–Crippen LogP) is 2.66. The van der Waals surface area contributed by atoms with E-state index in [1.165, 1.54) is 31.2 Å². The SMILES string of the molecule is CC(=NOS(=O)(=O)c1cccc(S(=O)(=O)ON=C(c2ccc(OCCSOO[O-])cc2)C(F)(F)F)c1)c1ccc(OCCS(=O)(=O)[O-])cc1. The van der Waals surface area contributed by atoms with E-state index in [1.807, 2.05) is 0 Å². The molecule has 0 N–H and O–H groups in total. The molecule has 0 fully saturated rings. The monoisotopic (exact) mass is 772 g/mol. The molecule has 16 nitrogen and oxygen atoms in total. The Hall–Kier alpha value is -3.97. The van der Waals surface area contributed by atoms with Crippen LogP contribution in [0.4, 0.5) is 13.2 Å². The van der Waals surface area contributed by atoms with E-state index >= 15 is 0 Å². The van der Waals surface area contributed by atoms with Crippen LogP contribution in [0.25, 0.3) is 0 Å². The molecule has 0 atom stereocenters. The highest BCUT2D eigenvalue weighted by Crippen LogP contribution is 2.26. The molecule has 0 saturated heterocycles. The Balaban J connectivity index is 1.72. The van der Waals surface area contributed by atoms with Crippen molar-refractivity contribution >= 4 is 53.8 Å². The minimum absolute atomic E-state index is 0.00527. The minimum Gasteiger partial charge on any atom is -0.748 e. The first-order valence-corrected chi connectivity index (χ1v) is 18.4. The van der Waals surface area contributed by atoms with Gasteiger partial charge in [-0.3, -0.25) is 13.6 Å². The van der Waals surface area contributed by atoms with E-state index in [0.717, 1.165) is 42.5 Å². The van der Waals surface area contributed by atoms with E-state index in [1.54, 1.807) is 0 Å². The number of ether oxygens (including phenoxy) is 2. The normalized spacial score (nSPS) is 13.2. The predicted molar refractivity (Wildman–Crippen MR) is 161 cm³/mol. The number of rotatable bonds is 18. The van der Waals surface area contributed by atoms with Gasteiger partial charge in [0.25, 0.3) is 0 Å². The highest BCUT2D eigenvalue weighted by atomic mass is 32.2. The summed E-state index contributed by atoms with van der Waals surface area (Å²) in [6.45, 7) is 0.971. The lowest BCUT2D eigenvalue weighted by Gasteiger charge is -2.12. The average molecular weight is 773 g/mol. The maximum atomic E-state index is 13.8. The third kappa shape index (κ3) is 12.8. The topological polar surface area (TPSA) is 229 Å². The maximum absolute atomic E-state index is 13.8. The van der Waals surface area contributed by atoms with Crippen LogP contribution >= 0.6 is 12.0 Å². The first-order chi connectivity index (χ1) is 22.9. The molecule has 0 aliphatic heterocycles. The lowest BCUT2D eigenvalue weighted by molar-refractivity contribution is -0.777. The van der Waals surface area contributed by atoms with Crippen molar-refractivity contribution in [1.82, 2.24) is 0 Å². The molecule has 0 bridgehead atoms. The van der Waals surface area contributed by atoms with Crippen LogP contribution in [0.15, 0.2) is 92.9 Å². The Morgan fingerprint density at radius 3 is 1.80 bits per heavy atom. The van der Waals surface area contributed by atoms with Gasteiger partial charge >= 0.3 is 26.4 Å². The summed E-state index contributed by atoms with van der Waals surface area (Å²) in [5, 5.41) is 19.2. The summed E-state index contributed by atoms with van der Waals surface area (Å²) < 4.78 is 148. The van der Waals surface area contributed by atoms with Gasteiger partial charge in [-0.25, -0.2) is 8.42 Å². The first kappa shape index (κ1) is 39.5. The van der Waals surface area contributed by atoms with Gasteiger partial charge < -0.3 is 19.3 Å². The number of halogens is 3. The van der Waals surface area contributed by atoms with Gasteiger partial charge in [-0.15, -0.1) is 0 Å². The standard InChI is InChI=1S/C26H25F3N2O14S4/c1-18(19-5-9-22(10-6-19)41-14-16-47(33,34)35)30-42-48(36,37)23-3-2-4-24(17-23)49(38,39)43-31-25(26(27,28)29)20-7-11-21(12-8-20)40-13-15-46-45-44-32/h2-12,17,32H,13-16H2,1H3,(H,33,34,35)/p-2.